The maximum absolute atomic E-state index is 12.9. The number of carboxylic acids is 1. The fourth-order valence-electron chi connectivity index (χ4n) is 3.77. The Bertz CT molecular complexity index is 1010. The Kier molecular flexibility index (Phi) is 5.16. The molecule has 0 unspecified atom stereocenters. The van der Waals surface area contributed by atoms with Crippen molar-refractivity contribution in [2.24, 2.45) is 5.10 Å². The first-order valence-corrected chi connectivity index (χ1v) is 9.90. The summed E-state index contributed by atoms with van der Waals surface area (Å²) >= 11 is 0. The molecule has 2 aliphatic rings. The molecule has 1 amide bonds. The molecule has 0 atom stereocenters. The number of carboxylic acid groups (broad SMARTS) is 1. The van der Waals surface area contributed by atoms with Crippen LogP contribution in [0.5, 0.6) is 0 Å². The van der Waals surface area contributed by atoms with E-state index in [1.54, 1.807) is 30.3 Å². The molecule has 0 spiro atoms. The van der Waals surface area contributed by atoms with Crippen LogP contribution in [0, 0.1) is 0 Å². The number of amides is 1. The molecule has 29 heavy (non-hydrogen) atoms. The van der Waals surface area contributed by atoms with E-state index >= 15 is 0 Å². The fraction of sp³-hybridized carbons (Fsp3) is 0.261. The number of unbranched alkanes of at least 4 members (excludes halogenated alkanes) is 1. The Hall–Kier alpha value is -3.41. The molecule has 4 rings (SSSR count). The standard InChI is InChI=1S/C23H23N3O3/c1-2-3-12-25-13-11-17-14-16(9-10-20(17)25)15-19-21(23(28)29)24-26(22(19)27)18-7-5-4-6-8-18/h4-10,14-15H,2-3,11-13H2,1H3,(H,28,29)/b19-15-. The number of aliphatic carboxylic acids is 1. The van der Waals surface area contributed by atoms with E-state index in [-0.39, 0.29) is 11.3 Å². The van der Waals surface area contributed by atoms with E-state index < -0.39 is 11.9 Å². The number of carbonyl (C=O) groups is 2. The number of fused-ring (bicyclic) bond motifs is 1. The van der Waals surface area contributed by atoms with Crippen molar-refractivity contribution in [1.29, 1.82) is 0 Å². The molecule has 0 bridgehead atoms. The maximum atomic E-state index is 12.9. The van der Waals surface area contributed by atoms with Crippen LogP contribution < -0.4 is 9.91 Å². The number of carbonyl (C=O) groups excluding carboxylic acids is 1. The Balaban J connectivity index is 1.65. The third-order valence-corrected chi connectivity index (χ3v) is 5.27. The highest BCUT2D eigenvalue weighted by Crippen LogP contribution is 2.31. The second-order valence-electron chi connectivity index (χ2n) is 7.24. The van der Waals surface area contributed by atoms with E-state index in [2.05, 4.69) is 23.0 Å². The third kappa shape index (κ3) is 3.66. The average molecular weight is 389 g/mol. The van der Waals surface area contributed by atoms with Crippen LogP contribution in [0.4, 0.5) is 11.4 Å². The highest BCUT2D eigenvalue weighted by molar-refractivity contribution is 6.53. The van der Waals surface area contributed by atoms with Gasteiger partial charge < -0.3 is 10.0 Å². The summed E-state index contributed by atoms with van der Waals surface area (Å²) < 4.78 is 0. The van der Waals surface area contributed by atoms with Gasteiger partial charge in [0.25, 0.3) is 5.91 Å². The lowest BCUT2D eigenvalue weighted by atomic mass is 10.0. The summed E-state index contributed by atoms with van der Waals surface area (Å²) in [6.45, 7) is 4.23. The first-order chi connectivity index (χ1) is 14.1. The molecule has 0 saturated heterocycles. The number of nitrogens with zero attached hydrogens (tertiary/aromatic N) is 3. The average Bonchev–Trinajstić information content (AvgIpc) is 3.28. The smallest absolute Gasteiger partial charge is 0.357 e. The van der Waals surface area contributed by atoms with Gasteiger partial charge in [-0.15, -0.1) is 0 Å². The maximum Gasteiger partial charge on any atom is 0.357 e. The largest absolute Gasteiger partial charge is 0.476 e. The van der Waals surface area contributed by atoms with Gasteiger partial charge in [-0.3, -0.25) is 4.79 Å². The molecule has 1 N–H and O–H groups in total. The lowest BCUT2D eigenvalue weighted by Crippen LogP contribution is -2.22. The summed E-state index contributed by atoms with van der Waals surface area (Å²) in [7, 11) is 0. The number of hydrogen-bond donors (Lipinski definition) is 1. The molecule has 148 valence electrons. The lowest BCUT2D eigenvalue weighted by Gasteiger charge is -2.18. The van der Waals surface area contributed by atoms with E-state index in [1.165, 1.54) is 11.3 Å². The molecule has 0 fully saturated rings. The number of hydrazone groups is 1. The van der Waals surface area contributed by atoms with E-state index in [1.807, 2.05) is 18.2 Å². The number of hydrogen-bond acceptors (Lipinski definition) is 4. The van der Waals surface area contributed by atoms with E-state index in [4.69, 9.17) is 0 Å². The Morgan fingerprint density at radius 2 is 2.00 bits per heavy atom. The van der Waals surface area contributed by atoms with Gasteiger partial charge in [0, 0.05) is 18.8 Å². The minimum Gasteiger partial charge on any atom is -0.476 e. The lowest BCUT2D eigenvalue weighted by molar-refractivity contribution is -0.129. The number of para-hydroxylation sites is 1. The van der Waals surface area contributed by atoms with Crippen molar-refractivity contribution in [2.75, 3.05) is 23.0 Å². The zero-order valence-corrected chi connectivity index (χ0v) is 16.3. The normalized spacial score (nSPS) is 17.1. The van der Waals surface area contributed by atoms with Crippen LogP contribution in [0.15, 0.2) is 59.2 Å². The molecule has 6 heteroatoms. The first kappa shape index (κ1) is 18.9. The summed E-state index contributed by atoms with van der Waals surface area (Å²) in [6.07, 6.45) is 4.91. The fourth-order valence-corrected chi connectivity index (χ4v) is 3.77. The predicted octanol–water partition coefficient (Wildman–Crippen LogP) is 3.72. The Morgan fingerprint density at radius 1 is 1.21 bits per heavy atom. The van der Waals surface area contributed by atoms with Crippen LogP contribution in [0.2, 0.25) is 0 Å². The molecule has 0 aromatic heterocycles. The van der Waals surface area contributed by atoms with Gasteiger partial charge in [-0.05, 0) is 54.3 Å². The van der Waals surface area contributed by atoms with Crippen LogP contribution in [0.1, 0.15) is 30.9 Å². The molecule has 2 aliphatic heterocycles. The molecule has 2 aromatic rings. The van der Waals surface area contributed by atoms with Gasteiger partial charge in [-0.2, -0.15) is 10.1 Å². The molecule has 0 saturated carbocycles. The van der Waals surface area contributed by atoms with E-state index in [0.29, 0.717) is 5.69 Å². The minimum atomic E-state index is -1.21. The summed E-state index contributed by atoms with van der Waals surface area (Å²) in [4.78, 5) is 27.0. The van der Waals surface area contributed by atoms with Crippen LogP contribution in [-0.4, -0.2) is 35.8 Å². The molecular weight excluding hydrogens is 366 g/mol. The quantitative estimate of drug-likeness (QED) is 0.764. The number of benzene rings is 2. The molecule has 2 aromatic carbocycles. The van der Waals surface area contributed by atoms with Crippen molar-refractivity contribution >= 4 is 35.0 Å². The van der Waals surface area contributed by atoms with Crippen LogP contribution >= 0.6 is 0 Å². The SMILES string of the molecule is CCCCN1CCc2cc(/C=C3\C(=O)N(c4ccccc4)N=C3C(=O)O)ccc21. The summed E-state index contributed by atoms with van der Waals surface area (Å²) in [5.41, 5.74) is 3.69. The topological polar surface area (TPSA) is 73.2 Å². The van der Waals surface area contributed by atoms with E-state index in [9.17, 15) is 14.7 Å². The third-order valence-electron chi connectivity index (χ3n) is 5.27. The summed E-state index contributed by atoms with van der Waals surface area (Å²) in [5.74, 6) is -1.64. The molecule has 2 heterocycles. The Labute approximate surface area is 169 Å². The second-order valence-corrected chi connectivity index (χ2v) is 7.24. The number of anilines is 2. The predicted molar refractivity (Wildman–Crippen MR) is 114 cm³/mol. The van der Waals surface area contributed by atoms with Gasteiger partial charge in [-0.1, -0.05) is 37.6 Å². The van der Waals surface area contributed by atoms with Crippen LogP contribution in [0.3, 0.4) is 0 Å². The minimum absolute atomic E-state index is 0.0992. The molecule has 0 radical (unpaired) electrons. The van der Waals surface area contributed by atoms with Crippen LogP contribution in [0.25, 0.3) is 6.08 Å². The van der Waals surface area contributed by atoms with Gasteiger partial charge >= 0.3 is 5.97 Å². The number of rotatable bonds is 6. The van der Waals surface area contributed by atoms with Crippen molar-refractivity contribution in [3.05, 3.63) is 65.2 Å². The summed E-state index contributed by atoms with van der Waals surface area (Å²) in [6, 6.07) is 14.9. The van der Waals surface area contributed by atoms with Crippen molar-refractivity contribution < 1.29 is 14.7 Å². The van der Waals surface area contributed by atoms with Crippen molar-refractivity contribution in [3.63, 3.8) is 0 Å². The monoisotopic (exact) mass is 389 g/mol. The van der Waals surface area contributed by atoms with Gasteiger partial charge in [0.1, 0.15) is 0 Å². The van der Waals surface area contributed by atoms with Gasteiger partial charge in [0.2, 0.25) is 0 Å². The van der Waals surface area contributed by atoms with Crippen molar-refractivity contribution in [3.8, 4) is 0 Å². The van der Waals surface area contributed by atoms with Gasteiger partial charge in [0.05, 0.1) is 11.3 Å². The van der Waals surface area contributed by atoms with Crippen molar-refractivity contribution in [2.45, 2.75) is 26.2 Å². The first-order valence-electron chi connectivity index (χ1n) is 9.90. The van der Waals surface area contributed by atoms with Gasteiger partial charge in [-0.25, -0.2) is 4.79 Å². The highest BCUT2D eigenvalue weighted by atomic mass is 16.4. The molecule has 0 aliphatic carbocycles. The molecule has 6 nitrogen and oxygen atoms in total. The van der Waals surface area contributed by atoms with Crippen LogP contribution in [-0.2, 0) is 16.0 Å². The Morgan fingerprint density at radius 3 is 2.72 bits per heavy atom. The van der Waals surface area contributed by atoms with E-state index in [0.717, 1.165) is 42.9 Å². The summed E-state index contributed by atoms with van der Waals surface area (Å²) in [5, 5.41) is 14.8. The van der Waals surface area contributed by atoms with Crippen molar-refractivity contribution in [1.82, 2.24) is 0 Å². The molecular formula is C23H23N3O3. The van der Waals surface area contributed by atoms with Gasteiger partial charge in [0.15, 0.2) is 5.71 Å². The zero-order chi connectivity index (χ0) is 20.4. The zero-order valence-electron chi connectivity index (χ0n) is 16.3. The second kappa shape index (κ2) is 7.91. The highest BCUT2D eigenvalue weighted by Gasteiger charge is 2.35.